The van der Waals surface area contributed by atoms with Crippen LogP contribution in [0.4, 0.5) is 0 Å². The molecule has 1 saturated heterocycles. The minimum Gasteiger partial charge on any atom is -0.465 e. The summed E-state index contributed by atoms with van der Waals surface area (Å²) in [7, 11) is 0. The van der Waals surface area contributed by atoms with Crippen LogP contribution in [0, 0.1) is 6.92 Å². The van der Waals surface area contributed by atoms with Crippen molar-refractivity contribution >= 4 is 0 Å². The van der Waals surface area contributed by atoms with Crippen LogP contribution in [0.5, 0.6) is 0 Å². The Hall–Kier alpha value is -0.800. The number of rotatable bonds is 5. The van der Waals surface area contributed by atoms with Gasteiger partial charge >= 0.3 is 0 Å². The van der Waals surface area contributed by atoms with Crippen LogP contribution in [0.3, 0.4) is 0 Å². The van der Waals surface area contributed by atoms with E-state index < -0.39 is 0 Å². The quantitative estimate of drug-likeness (QED) is 0.852. The molecule has 2 heterocycles. The van der Waals surface area contributed by atoms with Gasteiger partial charge in [-0.05, 0) is 45.8 Å². The fraction of sp³-hybridized carbons (Fsp3) is 0.714. The molecule has 1 aliphatic heterocycles. The first-order chi connectivity index (χ1) is 8.20. The molecule has 1 aromatic heterocycles. The zero-order valence-electron chi connectivity index (χ0n) is 11.3. The van der Waals surface area contributed by atoms with E-state index in [2.05, 4.69) is 37.1 Å². The Bertz CT molecular complexity index is 359. The molecule has 0 saturated carbocycles. The second-order valence-electron chi connectivity index (χ2n) is 5.04. The van der Waals surface area contributed by atoms with E-state index >= 15 is 0 Å². The molecule has 0 aliphatic carbocycles. The lowest BCUT2D eigenvalue weighted by Gasteiger charge is -2.20. The van der Waals surface area contributed by atoms with Gasteiger partial charge in [-0.25, -0.2) is 0 Å². The van der Waals surface area contributed by atoms with Crippen molar-refractivity contribution in [2.45, 2.75) is 52.7 Å². The number of hydrogen-bond acceptors (Lipinski definition) is 3. The van der Waals surface area contributed by atoms with Crippen LogP contribution in [0.15, 0.2) is 10.5 Å². The molecular formula is C14H24N2O. The topological polar surface area (TPSA) is 28.4 Å². The molecule has 1 aromatic rings. The Balaban J connectivity index is 1.97. The maximum atomic E-state index is 5.77. The van der Waals surface area contributed by atoms with Crippen molar-refractivity contribution in [3.63, 3.8) is 0 Å². The molecule has 1 N–H and O–H groups in total. The number of hydrogen-bond donors (Lipinski definition) is 1. The van der Waals surface area contributed by atoms with Crippen LogP contribution in [-0.4, -0.2) is 24.0 Å². The van der Waals surface area contributed by atoms with Crippen LogP contribution in [-0.2, 0) is 13.1 Å². The van der Waals surface area contributed by atoms with Crippen molar-refractivity contribution in [2.24, 2.45) is 0 Å². The highest BCUT2D eigenvalue weighted by Crippen LogP contribution is 2.22. The average Bonchev–Trinajstić information content (AvgIpc) is 2.85. The zero-order chi connectivity index (χ0) is 12.3. The van der Waals surface area contributed by atoms with E-state index in [9.17, 15) is 0 Å². The van der Waals surface area contributed by atoms with Crippen LogP contribution < -0.4 is 5.32 Å². The SMILES string of the molecule is CCNCc1cc(CN2CCCC2C)c(C)o1. The fourth-order valence-electron chi connectivity index (χ4n) is 2.53. The fourth-order valence-corrected chi connectivity index (χ4v) is 2.53. The van der Waals surface area contributed by atoms with E-state index in [1.807, 2.05) is 0 Å². The number of aryl methyl sites for hydroxylation is 1. The Labute approximate surface area is 104 Å². The summed E-state index contributed by atoms with van der Waals surface area (Å²) in [6, 6.07) is 2.93. The monoisotopic (exact) mass is 236 g/mol. The molecule has 0 radical (unpaired) electrons. The third kappa shape index (κ3) is 3.11. The van der Waals surface area contributed by atoms with E-state index in [1.54, 1.807) is 0 Å². The van der Waals surface area contributed by atoms with Gasteiger partial charge in [-0.15, -0.1) is 0 Å². The summed E-state index contributed by atoms with van der Waals surface area (Å²) in [6.45, 7) is 10.6. The lowest BCUT2D eigenvalue weighted by Crippen LogP contribution is -2.26. The molecule has 1 atom stereocenters. The van der Waals surface area contributed by atoms with Gasteiger partial charge < -0.3 is 9.73 Å². The van der Waals surface area contributed by atoms with Crippen LogP contribution in [0.25, 0.3) is 0 Å². The first-order valence-electron chi connectivity index (χ1n) is 6.73. The molecule has 17 heavy (non-hydrogen) atoms. The molecule has 3 heteroatoms. The highest BCUT2D eigenvalue weighted by atomic mass is 16.3. The lowest BCUT2D eigenvalue weighted by atomic mass is 10.2. The Morgan fingerprint density at radius 1 is 1.53 bits per heavy atom. The maximum Gasteiger partial charge on any atom is 0.118 e. The van der Waals surface area contributed by atoms with Gasteiger partial charge in [-0.2, -0.15) is 0 Å². The molecule has 3 nitrogen and oxygen atoms in total. The van der Waals surface area contributed by atoms with Crippen molar-refractivity contribution in [3.05, 3.63) is 23.2 Å². The molecule has 1 fully saturated rings. The minimum absolute atomic E-state index is 0.724. The minimum atomic E-state index is 0.724. The van der Waals surface area contributed by atoms with E-state index in [0.29, 0.717) is 0 Å². The second-order valence-corrected chi connectivity index (χ2v) is 5.04. The molecule has 0 spiro atoms. The summed E-state index contributed by atoms with van der Waals surface area (Å²) in [4.78, 5) is 2.55. The molecule has 1 aliphatic rings. The van der Waals surface area contributed by atoms with Gasteiger partial charge in [0.25, 0.3) is 0 Å². The molecular weight excluding hydrogens is 212 g/mol. The number of nitrogens with zero attached hydrogens (tertiary/aromatic N) is 1. The van der Waals surface area contributed by atoms with E-state index in [-0.39, 0.29) is 0 Å². The summed E-state index contributed by atoms with van der Waals surface area (Å²) in [5, 5.41) is 3.30. The number of nitrogens with one attached hydrogen (secondary N) is 1. The summed E-state index contributed by atoms with van der Waals surface area (Å²) in [6.07, 6.45) is 2.67. The molecule has 1 unspecified atom stereocenters. The highest BCUT2D eigenvalue weighted by molar-refractivity contribution is 5.21. The molecule has 96 valence electrons. The Morgan fingerprint density at radius 3 is 3.00 bits per heavy atom. The van der Waals surface area contributed by atoms with Crippen LogP contribution >= 0.6 is 0 Å². The highest BCUT2D eigenvalue weighted by Gasteiger charge is 2.21. The summed E-state index contributed by atoms with van der Waals surface area (Å²) in [5.74, 6) is 2.14. The largest absolute Gasteiger partial charge is 0.465 e. The predicted molar refractivity (Wildman–Crippen MR) is 69.9 cm³/mol. The van der Waals surface area contributed by atoms with Crippen molar-refractivity contribution in [1.29, 1.82) is 0 Å². The van der Waals surface area contributed by atoms with Gasteiger partial charge in [0.05, 0.1) is 6.54 Å². The number of furan rings is 1. The van der Waals surface area contributed by atoms with Crippen LogP contribution in [0.1, 0.15) is 43.8 Å². The van der Waals surface area contributed by atoms with Gasteiger partial charge in [0, 0.05) is 18.2 Å². The van der Waals surface area contributed by atoms with Crippen LogP contribution in [0.2, 0.25) is 0 Å². The predicted octanol–water partition coefficient (Wildman–Crippen LogP) is 2.68. The van der Waals surface area contributed by atoms with Gasteiger partial charge in [0.15, 0.2) is 0 Å². The normalized spacial score (nSPS) is 21.2. The van der Waals surface area contributed by atoms with Gasteiger partial charge in [0.2, 0.25) is 0 Å². The van der Waals surface area contributed by atoms with E-state index in [0.717, 1.165) is 37.2 Å². The lowest BCUT2D eigenvalue weighted by molar-refractivity contribution is 0.258. The Kier molecular flexibility index (Phi) is 4.24. The first-order valence-corrected chi connectivity index (χ1v) is 6.73. The van der Waals surface area contributed by atoms with Crippen molar-refractivity contribution in [2.75, 3.05) is 13.1 Å². The van der Waals surface area contributed by atoms with E-state index in [4.69, 9.17) is 4.42 Å². The summed E-state index contributed by atoms with van der Waals surface area (Å²) < 4.78 is 5.77. The number of likely N-dealkylation sites (tertiary alicyclic amines) is 1. The summed E-state index contributed by atoms with van der Waals surface area (Å²) in [5.41, 5.74) is 1.35. The summed E-state index contributed by atoms with van der Waals surface area (Å²) >= 11 is 0. The maximum absolute atomic E-state index is 5.77. The molecule has 0 bridgehead atoms. The van der Waals surface area contributed by atoms with E-state index in [1.165, 1.54) is 24.9 Å². The van der Waals surface area contributed by atoms with Gasteiger partial charge in [-0.1, -0.05) is 6.92 Å². The van der Waals surface area contributed by atoms with Crippen molar-refractivity contribution in [3.8, 4) is 0 Å². The smallest absolute Gasteiger partial charge is 0.118 e. The average molecular weight is 236 g/mol. The Morgan fingerprint density at radius 2 is 2.35 bits per heavy atom. The van der Waals surface area contributed by atoms with Crippen molar-refractivity contribution < 1.29 is 4.42 Å². The standard InChI is InChI=1S/C14H24N2O/c1-4-15-9-14-8-13(12(3)17-14)10-16-7-5-6-11(16)2/h8,11,15H,4-7,9-10H2,1-3H3. The first kappa shape index (κ1) is 12.7. The zero-order valence-corrected chi connectivity index (χ0v) is 11.3. The van der Waals surface area contributed by atoms with Crippen molar-refractivity contribution in [1.82, 2.24) is 10.2 Å². The van der Waals surface area contributed by atoms with Gasteiger partial charge in [-0.3, -0.25) is 4.90 Å². The van der Waals surface area contributed by atoms with Gasteiger partial charge in [0.1, 0.15) is 11.5 Å². The third-order valence-corrected chi connectivity index (χ3v) is 3.68. The molecule has 0 amide bonds. The molecule has 0 aromatic carbocycles. The second kappa shape index (κ2) is 5.69. The third-order valence-electron chi connectivity index (χ3n) is 3.68. The molecule has 2 rings (SSSR count).